The van der Waals surface area contributed by atoms with Crippen LogP contribution in [0.5, 0.6) is 0 Å². The van der Waals surface area contributed by atoms with Crippen LogP contribution >= 0.6 is 34.7 Å². The summed E-state index contributed by atoms with van der Waals surface area (Å²) in [5, 5.41) is 9.78. The van der Waals surface area contributed by atoms with E-state index in [9.17, 15) is 5.11 Å². The van der Waals surface area contributed by atoms with Crippen LogP contribution in [0.3, 0.4) is 0 Å². The molecule has 1 nitrogen and oxygen atoms in total. The Morgan fingerprint density at radius 2 is 2.14 bits per heavy atom. The largest absolute Gasteiger partial charge is 0.387 e. The van der Waals surface area contributed by atoms with Gasteiger partial charge in [-0.15, -0.1) is 11.3 Å². The Bertz CT molecular complexity index is 273. The lowest BCUT2D eigenvalue weighted by molar-refractivity contribution is 0.208. The molecule has 0 amide bonds. The number of thioether (sulfide) groups is 1. The minimum atomic E-state index is -0.365. The molecular formula is C10H15ClOS2. The molecule has 0 spiro atoms. The number of hydrogen-bond acceptors (Lipinski definition) is 3. The average Bonchev–Trinajstić information content (AvgIpc) is 2.51. The molecule has 0 aliphatic rings. The fourth-order valence-corrected chi connectivity index (χ4v) is 3.17. The molecule has 0 radical (unpaired) electrons. The van der Waals surface area contributed by atoms with E-state index in [4.69, 9.17) is 11.6 Å². The van der Waals surface area contributed by atoms with Crippen molar-refractivity contribution in [3.63, 3.8) is 0 Å². The van der Waals surface area contributed by atoms with Gasteiger partial charge in [0.25, 0.3) is 0 Å². The molecule has 0 saturated carbocycles. The van der Waals surface area contributed by atoms with Gasteiger partial charge in [0.15, 0.2) is 0 Å². The average molecular weight is 251 g/mol. The van der Waals surface area contributed by atoms with Crippen molar-refractivity contribution in [3.8, 4) is 0 Å². The second-order valence-corrected chi connectivity index (χ2v) is 6.41. The predicted octanol–water partition coefficient (Wildman–Crippen LogP) is 3.82. The zero-order valence-electron chi connectivity index (χ0n) is 8.37. The molecule has 0 aliphatic carbocycles. The van der Waals surface area contributed by atoms with Gasteiger partial charge >= 0.3 is 0 Å². The van der Waals surface area contributed by atoms with Gasteiger partial charge in [0.05, 0.1) is 10.4 Å². The minimum absolute atomic E-state index is 0.365. The molecule has 14 heavy (non-hydrogen) atoms. The van der Waals surface area contributed by atoms with Crippen LogP contribution in [0, 0.1) is 5.92 Å². The van der Waals surface area contributed by atoms with Gasteiger partial charge in [-0.1, -0.05) is 25.4 Å². The molecule has 1 N–H and O–H groups in total. The van der Waals surface area contributed by atoms with Gasteiger partial charge in [0.2, 0.25) is 0 Å². The highest BCUT2D eigenvalue weighted by Crippen LogP contribution is 2.29. The second-order valence-electron chi connectivity index (χ2n) is 3.59. The Morgan fingerprint density at radius 1 is 1.43 bits per heavy atom. The zero-order chi connectivity index (χ0) is 10.6. The number of hydrogen-bond donors (Lipinski definition) is 1. The summed E-state index contributed by atoms with van der Waals surface area (Å²) in [4.78, 5) is 0.964. The van der Waals surface area contributed by atoms with Crippen molar-refractivity contribution >= 4 is 34.7 Å². The summed E-state index contributed by atoms with van der Waals surface area (Å²) in [5.74, 6) is 2.53. The Morgan fingerprint density at radius 3 is 2.64 bits per heavy atom. The van der Waals surface area contributed by atoms with Crippen LogP contribution in [-0.4, -0.2) is 16.6 Å². The van der Waals surface area contributed by atoms with Crippen molar-refractivity contribution in [2.75, 3.05) is 11.5 Å². The van der Waals surface area contributed by atoms with E-state index in [1.54, 1.807) is 11.8 Å². The lowest BCUT2D eigenvalue weighted by Crippen LogP contribution is -2.00. The van der Waals surface area contributed by atoms with E-state index in [2.05, 4.69) is 13.8 Å². The smallest absolute Gasteiger partial charge is 0.0972 e. The molecule has 0 aliphatic heterocycles. The van der Waals surface area contributed by atoms with Gasteiger partial charge in [-0.25, -0.2) is 0 Å². The summed E-state index contributed by atoms with van der Waals surface area (Å²) in [6.45, 7) is 4.36. The Labute approximate surface area is 98.5 Å². The van der Waals surface area contributed by atoms with Crippen LogP contribution in [0.25, 0.3) is 0 Å². The molecule has 0 aromatic carbocycles. The van der Waals surface area contributed by atoms with Crippen LogP contribution in [0.1, 0.15) is 24.8 Å². The zero-order valence-corrected chi connectivity index (χ0v) is 10.8. The van der Waals surface area contributed by atoms with E-state index < -0.39 is 0 Å². The Hall–Kier alpha value is 0.300. The maximum Gasteiger partial charge on any atom is 0.0972 e. The highest BCUT2D eigenvalue weighted by Gasteiger charge is 2.10. The van der Waals surface area contributed by atoms with Crippen molar-refractivity contribution < 1.29 is 5.11 Å². The third-order valence-electron chi connectivity index (χ3n) is 1.65. The fraction of sp³-hybridized carbons (Fsp3) is 0.600. The maximum atomic E-state index is 9.78. The maximum absolute atomic E-state index is 9.78. The van der Waals surface area contributed by atoms with E-state index in [0.29, 0.717) is 5.92 Å². The van der Waals surface area contributed by atoms with Gasteiger partial charge < -0.3 is 5.11 Å². The van der Waals surface area contributed by atoms with E-state index in [1.807, 2.05) is 12.1 Å². The van der Waals surface area contributed by atoms with E-state index >= 15 is 0 Å². The molecule has 0 fully saturated rings. The number of rotatable bonds is 5. The van der Waals surface area contributed by atoms with E-state index in [1.165, 1.54) is 11.3 Å². The molecule has 1 rings (SSSR count). The van der Waals surface area contributed by atoms with Gasteiger partial charge in [0.1, 0.15) is 0 Å². The Kier molecular flexibility index (Phi) is 5.31. The molecule has 1 unspecified atom stereocenters. The molecule has 80 valence electrons. The summed E-state index contributed by atoms with van der Waals surface area (Å²) in [5.41, 5.74) is 0. The molecule has 1 heterocycles. The third kappa shape index (κ3) is 4.22. The summed E-state index contributed by atoms with van der Waals surface area (Å²) in [7, 11) is 0. The highest BCUT2D eigenvalue weighted by atomic mass is 35.5. The lowest BCUT2D eigenvalue weighted by atomic mass is 10.3. The summed E-state index contributed by atoms with van der Waals surface area (Å²) in [6.07, 6.45) is -0.365. The van der Waals surface area contributed by atoms with E-state index in [-0.39, 0.29) is 6.10 Å². The van der Waals surface area contributed by atoms with E-state index in [0.717, 1.165) is 20.7 Å². The highest BCUT2D eigenvalue weighted by molar-refractivity contribution is 7.99. The van der Waals surface area contributed by atoms with Crippen molar-refractivity contribution in [1.29, 1.82) is 0 Å². The molecule has 0 bridgehead atoms. The summed E-state index contributed by atoms with van der Waals surface area (Å²) in [6, 6.07) is 3.73. The van der Waals surface area contributed by atoms with Gasteiger partial charge in [-0.05, 0) is 23.8 Å². The topological polar surface area (TPSA) is 20.2 Å². The van der Waals surface area contributed by atoms with Crippen LogP contribution in [-0.2, 0) is 0 Å². The molecule has 1 atom stereocenters. The van der Waals surface area contributed by atoms with Crippen LogP contribution in [0.15, 0.2) is 12.1 Å². The molecule has 0 saturated heterocycles. The third-order valence-corrected chi connectivity index (χ3v) is 4.44. The first-order valence-corrected chi connectivity index (χ1v) is 6.95. The van der Waals surface area contributed by atoms with Crippen molar-refractivity contribution in [3.05, 3.63) is 21.3 Å². The first-order chi connectivity index (χ1) is 6.59. The first kappa shape index (κ1) is 12.4. The molecule has 1 aromatic heterocycles. The second kappa shape index (κ2) is 6.01. The van der Waals surface area contributed by atoms with Gasteiger partial charge in [0, 0.05) is 10.6 Å². The standard InChI is InChI=1S/C10H15ClOS2/c1-7(2)5-13-6-8(12)9-3-4-10(11)14-9/h3-4,7-8,12H,5-6H2,1-2H3. The monoisotopic (exact) mass is 250 g/mol. The SMILES string of the molecule is CC(C)CSCC(O)c1ccc(Cl)s1. The quantitative estimate of drug-likeness (QED) is 0.857. The van der Waals surface area contributed by atoms with Crippen LogP contribution in [0.2, 0.25) is 4.34 Å². The number of halogens is 1. The summed E-state index contributed by atoms with van der Waals surface area (Å²) >= 11 is 9.03. The predicted molar refractivity (Wildman–Crippen MR) is 66.5 cm³/mol. The van der Waals surface area contributed by atoms with Gasteiger partial charge in [-0.3, -0.25) is 0 Å². The molecule has 1 aromatic rings. The number of aliphatic hydroxyl groups excluding tert-OH is 1. The number of thiophene rings is 1. The normalized spacial score (nSPS) is 13.5. The number of aliphatic hydroxyl groups is 1. The first-order valence-electron chi connectivity index (χ1n) is 4.60. The molecular weight excluding hydrogens is 236 g/mol. The van der Waals surface area contributed by atoms with Crippen LogP contribution in [0.4, 0.5) is 0 Å². The van der Waals surface area contributed by atoms with Crippen molar-refractivity contribution in [2.24, 2.45) is 5.92 Å². The molecule has 4 heteroatoms. The summed E-state index contributed by atoms with van der Waals surface area (Å²) < 4.78 is 0.743. The Balaban J connectivity index is 2.32. The fourth-order valence-electron chi connectivity index (χ4n) is 1.00. The van der Waals surface area contributed by atoms with Crippen molar-refractivity contribution in [1.82, 2.24) is 0 Å². The lowest BCUT2D eigenvalue weighted by Gasteiger charge is -2.09. The van der Waals surface area contributed by atoms with Crippen molar-refractivity contribution in [2.45, 2.75) is 20.0 Å². The van der Waals surface area contributed by atoms with Crippen LogP contribution < -0.4 is 0 Å². The minimum Gasteiger partial charge on any atom is -0.387 e. The van der Waals surface area contributed by atoms with Gasteiger partial charge in [-0.2, -0.15) is 11.8 Å².